The Morgan fingerprint density at radius 1 is 1.05 bits per heavy atom. The summed E-state index contributed by atoms with van der Waals surface area (Å²) in [6, 6.07) is 21.6. The summed E-state index contributed by atoms with van der Waals surface area (Å²) in [6.45, 7) is 2.05. The van der Waals surface area contributed by atoms with Crippen molar-refractivity contribution in [3.8, 4) is 5.75 Å². The molecule has 3 amide bonds. The zero-order valence-corrected chi connectivity index (χ0v) is 24.5. The van der Waals surface area contributed by atoms with Crippen molar-refractivity contribution < 1.29 is 29.0 Å². The number of amides is 3. The molecule has 6 rings (SSSR count). The summed E-state index contributed by atoms with van der Waals surface area (Å²) >= 11 is 6.37. The zero-order chi connectivity index (χ0) is 30.1. The molecule has 3 aliphatic rings. The highest BCUT2D eigenvalue weighted by Gasteiger charge is 2.75. The molecule has 43 heavy (non-hydrogen) atoms. The first-order valence-corrected chi connectivity index (χ1v) is 15.0. The number of hydrogen-bond acceptors (Lipinski definition) is 6. The van der Waals surface area contributed by atoms with E-state index in [1.165, 1.54) is 4.90 Å². The topological polar surface area (TPSA) is 117 Å². The van der Waals surface area contributed by atoms with Gasteiger partial charge in [0.1, 0.15) is 17.4 Å². The Hall–Kier alpha value is -3.92. The number of ether oxygens (including phenoxy) is 2. The molecule has 3 saturated heterocycles. The summed E-state index contributed by atoms with van der Waals surface area (Å²) < 4.78 is 12.0. The number of hydrogen-bond donors (Lipinski definition) is 3. The van der Waals surface area contributed by atoms with Crippen molar-refractivity contribution in [3.05, 3.63) is 89.4 Å². The maximum absolute atomic E-state index is 14.4. The molecule has 3 N–H and O–H groups in total. The van der Waals surface area contributed by atoms with E-state index in [0.29, 0.717) is 48.0 Å². The molecule has 6 atom stereocenters. The first kappa shape index (κ1) is 29.2. The van der Waals surface area contributed by atoms with Gasteiger partial charge in [-0.3, -0.25) is 14.4 Å². The molecule has 0 radical (unpaired) electrons. The molecule has 2 bridgehead atoms. The zero-order valence-electron chi connectivity index (χ0n) is 23.7. The van der Waals surface area contributed by atoms with Crippen LogP contribution in [0.3, 0.4) is 0 Å². The van der Waals surface area contributed by atoms with E-state index >= 15 is 0 Å². The Kier molecular flexibility index (Phi) is 8.13. The van der Waals surface area contributed by atoms with E-state index in [-0.39, 0.29) is 18.4 Å². The fourth-order valence-electron chi connectivity index (χ4n) is 7.01. The predicted molar refractivity (Wildman–Crippen MR) is 162 cm³/mol. The lowest BCUT2D eigenvalue weighted by Crippen LogP contribution is -2.56. The molecule has 0 aliphatic carbocycles. The minimum absolute atomic E-state index is 0.328. The molecule has 10 heteroatoms. The average Bonchev–Trinajstić information content (AvgIpc) is 3.66. The number of aliphatic hydroxyl groups is 1. The third kappa shape index (κ3) is 5.26. The minimum atomic E-state index is -1.22. The van der Waals surface area contributed by atoms with Crippen LogP contribution in [0.5, 0.6) is 5.75 Å². The molecule has 3 fully saturated rings. The number of benzene rings is 3. The van der Waals surface area contributed by atoms with E-state index in [1.807, 2.05) is 37.3 Å². The van der Waals surface area contributed by atoms with Gasteiger partial charge in [0, 0.05) is 5.69 Å². The molecule has 3 aromatic carbocycles. The predicted octanol–water partition coefficient (Wildman–Crippen LogP) is 4.29. The molecule has 3 heterocycles. The lowest BCUT2D eigenvalue weighted by molar-refractivity contribution is -0.143. The fourth-order valence-corrected chi connectivity index (χ4v) is 7.19. The second kappa shape index (κ2) is 12.0. The quantitative estimate of drug-likeness (QED) is 0.318. The van der Waals surface area contributed by atoms with Crippen LogP contribution in [0.4, 0.5) is 11.4 Å². The van der Waals surface area contributed by atoms with Crippen molar-refractivity contribution in [3.63, 3.8) is 0 Å². The molecular weight excluding hydrogens is 570 g/mol. The Bertz CT molecular complexity index is 1500. The van der Waals surface area contributed by atoms with E-state index in [0.717, 1.165) is 5.56 Å². The van der Waals surface area contributed by atoms with Crippen LogP contribution >= 0.6 is 11.6 Å². The van der Waals surface area contributed by atoms with Crippen molar-refractivity contribution in [1.29, 1.82) is 0 Å². The first-order chi connectivity index (χ1) is 20.9. The van der Waals surface area contributed by atoms with E-state index in [2.05, 4.69) is 10.6 Å². The maximum atomic E-state index is 14.4. The third-order valence-electron chi connectivity index (χ3n) is 8.77. The van der Waals surface area contributed by atoms with E-state index < -0.39 is 41.5 Å². The monoisotopic (exact) mass is 603 g/mol. The van der Waals surface area contributed by atoms with Crippen LogP contribution in [0.25, 0.3) is 0 Å². The number of anilines is 2. The van der Waals surface area contributed by atoms with Crippen molar-refractivity contribution in [1.82, 2.24) is 4.90 Å². The minimum Gasteiger partial charge on any atom is -0.494 e. The third-order valence-corrected chi connectivity index (χ3v) is 9.10. The van der Waals surface area contributed by atoms with Crippen molar-refractivity contribution in [2.24, 2.45) is 11.8 Å². The number of aliphatic hydroxyl groups excluding tert-OH is 1. The molecule has 3 aliphatic heterocycles. The number of para-hydroxylation sites is 1. The second-order valence-corrected chi connectivity index (χ2v) is 11.7. The van der Waals surface area contributed by atoms with E-state index in [1.54, 1.807) is 48.5 Å². The van der Waals surface area contributed by atoms with Gasteiger partial charge in [-0.05, 0) is 68.1 Å². The van der Waals surface area contributed by atoms with Crippen LogP contribution < -0.4 is 15.4 Å². The molecule has 9 nitrogen and oxygen atoms in total. The van der Waals surface area contributed by atoms with E-state index in [4.69, 9.17) is 21.1 Å². The van der Waals surface area contributed by atoms with Crippen LogP contribution in [-0.4, -0.2) is 64.7 Å². The second-order valence-electron chi connectivity index (χ2n) is 11.2. The number of halogens is 1. The van der Waals surface area contributed by atoms with Gasteiger partial charge in [-0.2, -0.15) is 0 Å². The Balaban J connectivity index is 1.34. The summed E-state index contributed by atoms with van der Waals surface area (Å²) in [5.74, 6) is -2.19. The van der Waals surface area contributed by atoms with Crippen molar-refractivity contribution in [2.45, 2.75) is 50.0 Å². The van der Waals surface area contributed by atoms with E-state index in [9.17, 15) is 19.5 Å². The van der Waals surface area contributed by atoms with Gasteiger partial charge in [0.25, 0.3) is 0 Å². The number of nitrogens with zero attached hydrogens (tertiary/aromatic N) is 1. The Morgan fingerprint density at radius 2 is 1.77 bits per heavy atom. The maximum Gasteiger partial charge on any atom is 0.250 e. The van der Waals surface area contributed by atoms with Crippen LogP contribution in [0, 0.1) is 11.8 Å². The van der Waals surface area contributed by atoms with Gasteiger partial charge in [0.15, 0.2) is 0 Å². The van der Waals surface area contributed by atoms with Crippen LogP contribution in [0.2, 0.25) is 5.02 Å². The van der Waals surface area contributed by atoms with Gasteiger partial charge in [-0.1, -0.05) is 54.1 Å². The standard InChI is InChI=1S/C33H34ClN3O6/c1-2-42-23-14-12-21(13-15-23)35-30(39)27-26-16-17-33(43-26)28(27)32(41)37(22(19-38)18-20-8-4-3-5-9-20)29(33)31(40)36-25-11-7-6-10-24(25)34/h3-15,22,26-29,38H,2,16-19H2,1H3,(H,35,39)(H,36,40)/t22-,26-,27+,28+,29?,33?/m1/s1. The van der Waals surface area contributed by atoms with Gasteiger partial charge in [0.05, 0.1) is 47.9 Å². The molecule has 0 aromatic heterocycles. The SMILES string of the molecule is CCOc1ccc(NC(=O)[C@@H]2[C@H]3C(=O)N([C@@H](CO)Cc4ccccc4)C(C(=O)Nc4ccccc4Cl)C34CC[C@H]2O4)cc1. The lowest BCUT2D eigenvalue weighted by Gasteiger charge is -2.36. The fraction of sp³-hybridized carbons (Fsp3) is 0.364. The summed E-state index contributed by atoms with van der Waals surface area (Å²) in [4.78, 5) is 43.8. The summed E-state index contributed by atoms with van der Waals surface area (Å²) in [6.07, 6.45) is 0.767. The number of carbonyl (C=O) groups excluding carboxylic acids is 3. The smallest absolute Gasteiger partial charge is 0.250 e. The van der Waals surface area contributed by atoms with Gasteiger partial charge in [0.2, 0.25) is 17.7 Å². The highest BCUT2D eigenvalue weighted by molar-refractivity contribution is 6.33. The Labute approximate surface area is 255 Å². The molecule has 3 aromatic rings. The number of nitrogens with one attached hydrogen (secondary N) is 2. The average molecular weight is 604 g/mol. The molecule has 224 valence electrons. The van der Waals surface area contributed by atoms with Gasteiger partial charge in [-0.25, -0.2) is 0 Å². The van der Waals surface area contributed by atoms with Crippen molar-refractivity contribution >= 4 is 40.7 Å². The highest BCUT2D eigenvalue weighted by Crippen LogP contribution is 2.59. The van der Waals surface area contributed by atoms with Gasteiger partial charge < -0.3 is 30.1 Å². The van der Waals surface area contributed by atoms with Crippen LogP contribution in [0.1, 0.15) is 25.3 Å². The molecular formula is C33H34ClN3O6. The molecule has 2 unspecified atom stereocenters. The number of likely N-dealkylation sites (tertiary alicyclic amines) is 1. The van der Waals surface area contributed by atoms with Crippen LogP contribution in [-0.2, 0) is 25.5 Å². The molecule has 0 saturated carbocycles. The lowest BCUT2D eigenvalue weighted by atomic mass is 9.70. The Morgan fingerprint density at radius 3 is 2.47 bits per heavy atom. The van der Waals surface area contributed by atoms with Crippen LogP contribution in [0.15, 0.2) is 78.9 Å². The molecule has 1 spiro atoms. The highest BCUT2D eigenvalue weighted by atomic mass is 35.5. The first-order valence-electron chi connectivity index (χ1n) is 14.6. The summed E-state index contributed by atoms with van der Waals surface area (Å²) in [5, 5.41) is 16.8. The summed E-state index contributed by atoms with van der Waals surface area (Å²) in [5.41, 5.74) is 0.655. The number of carbonyl (C=O) groups is 3. The number of rotatable bonds is 10. The normalized spacial score (nSPS) is 26.2. The number of fused-ring (bicyclic) bond motifs is 1. The van der Waals surface area contributed by atoms with Gasteiger partial charge >= 0.3 is 0 Å². The largest absolute Gasteiger partial charge is 0.494 e. The van der Waals surface area contributed by atoms with Gasteiger partial charge in [-0.15, -0.1) is 0 Å². The summed E-state index contributed by atoms with van der Waals surface area (Å²) in [7, 11) is 0. The van der Waals surface area contributed by atoms with Crippen molar-refractivity contribution in [2.75, 3.05) is 23.8 Å².